The van der Waals surface area contributed by atoms with Gasteiger partial charge in [-0.05, 0) is 12.3 Å². The van der Waals surface area contributed by atoms with Crippen molar-refractivity contribution in [3.63, 3.8) is 0 Å². The fraction of sp³-hybridized carbons (Fsp3) is 0.714. The van der Waals surface area contributed by atoms with Gasteiger partial charge in [-0.1, -0.05) is 20.8 Å². The van der Waals surface area contributed by atoms with Crippen molar-refractivity contribution in [1.29, 1.82) is 0 Å². The Bertz CT molecular complexity index is 546. The number of nitrogens with one attached hydrogen (secondary N) is 1. The van der Waals surface area contributed by atoms with Crippen LogP contribution in [0.1, 0.15) is 39.9 Å². The first-order valence-electron chi connectivity index (χ1n) is 7.13. The van der Waals surface area contributed by atoms with Crippen molar-refractivity contribution in [2.75, 3.05) is 0 Å². The maximum atomic E-state index is 12.8. The zero-order chi connectivity index (χ0) is 15.8. The zero-order valence-electron chi connectivity index (χ0n) is 13.3. The molecule has 1 aliphatic rings. The minimum absolute atomic E-state index is 0.0659. The SMILES string of the molecule is CC1CC(=O)NC(C(C)(C)C)C(=O)N1Cc1ncnn1C. The van der Waals surface area contributed by atoms with Crippen LogP contribution in [0.25, 0.3) is 0 Å². The van der Waals surface area contributed by atoms with Gasteiger partial charge in [-0.2, -0.15) is 5.10 Å². The molecule has 1 aliphatic heterocycles. The van der Waals surface area contributed by atoms with Gasteiger partial charge in [-0.15, -0.1) is 0 Å². The Morgan fingerprint density at radius 1 is 1.38 bits per heavy atom. The van der Waals surface area contributed by atoms with Crippen LogP contribution < -0.4 is 5.32 Å². The second-order valence-corrected chi connectivity index (χ2v) is 6.69. The largest absolute Gasteiger partial charge is 0.344 e. The van der Waals surface area contributed by atoms with Gasteiger partial charge in [-0.3, -0.25) is 14.3 Å². The van der Waals surface area contributed by atoms with E-state index in [4.69, 9.17) is 0 Å². The number of hydrogen-bond donors (Lipinski definition) is 1. The van der Waals surface area contributed by atoms with E-state index in [1.807, 2.05) is 27.7 Å². The van der Waals surface area contributed by atoms with E-state index in [1.165, 1.54) is 6.33 Å². The second kappa shape index (κ2) is 5.46. The predicted octanol–water partition coefficient (Wildman–Crippen LogP) is 0.467. The van der Waals surface area contributed by atoms with Crippen molar-refractivity contribution in [3.05, 3.63) is 12.2 Å². The highest BCUT2D eigenvalue weighted by Crippen LogP contribution is 2.25. The van der Waals surface area contributed by atoms with E-state index in [0.29, 0.717) is 18.8 Å². The molecule has 0 bridgehead atoms. The molecule has 0 saturated carbocycles. The summed E-state index contributed by atoms with van der Waals surface area (Å²) in [4.78, 5) is 30.7. The molecule has 7 nitrogen and oxygen atoms in total. The Balaban J connectivity index is 2.30. The average Bonchev–Trinajstić information content (AvgIpc) is 2.71. The molecule has 2 rings (SSSR count). The molecule has 116 valence electrons. The maximum Gasteiger partial charge on any atom is 0.246 e. The lowest BCUT2D eigenvalue weighted by atomic mass is 9.86. The summed E-state index contributed by atoms with van der Waals surface area (Å²) in [6.45, 7) is 8.10. The molecule has 0 aromatic carbocycles. The monoisotopic (exact) mass is 293 g/mol. The summed E-state index contributed by atoms with van der Waals surface area (Å²) in [6, 6.07) is -0.690. The molecular formula is C14H23N5O2. The number of rotatable bonds is 2. The van der Waals surface area contributed by atoms with E-state index in [0.717, 1.165) is 0 Å². The van der Waals surface area contributed by atoms with E-state index < -0.39 is 6.04 Å². The molecule has 2 amide bonds. The molecule has 2 atom stereocenters. The van der Waals surface area contributed by atoms with Crippen LogP contribution in [0.3, 0.4) is 0 Å². The van der Waals surface area contributed by atoms with Gasteiger partial charge in [0.05, 0.1) is 6.54 Å². The average molecular weight is 293 g/mol. The van der Waals surface area contributed by atoms with Crippen molar-refractivity contribution in [1.82, 2.24) is 25.0 Å². The number of carbonyl (C=O) groups excluding carboxylic acids is 2. The molecule has 0 radical (unpaired) electrons. The van der Waals surface area contributed by atoms with Crippen LogP contribution >= 0.6 is 0 Å². The summed E-state index contributed by atoms with van der Waals surface area (Å²) in [5.74, 6) is 0.553. The van der Waals surface area contributed by atoms with Crippen molar-refractivity contribution in [2.45, 2.75) is 52.7 Å². The quantitative estimate of drug-likeness (QED) is 0.859. The van der Waals surface area contributed by atoms with E-state index in [9.17, 15) is 9.59 Å². The molecule has 2 heterocycles. The van der Waals surface area contributed by atoms with Crippen molar-refractivity contribution >= 4 is 11.8 Å². The lowest BCUT2D eigenvalue weighted by molar-refractivity contribution is -0.138. The third-order valence-electron chi connectivity index (χ3n) is 3.83. The standard InChI is InChI=1S/C14H23N5O2/c1-9-6-11(20)17-12(14(2,3)4)13(21)19(9)7-10-15-8-16-18(10)5/h8-9,12H,6-7H2,1-5H3,(H,17,20). The number of hydrogen-bond acceptors (Lipinski definition) is 4. The molecule has 21 heavy (non-hydrogen) atoms. The molecular weight excluding hydrogens is 270 g/mol. The number of aryl methyl sites for hydroxylation is 1. The summed E-state index contributed by atoms with van der Waals surface area (Å²) < 4.78 is 1.65. The number of carbonyl (C=O) groups is 2. The Morgan fingerprint density at radius 3 is 2.57 bits per heavy atom. The summed E-state index contributed by atoms with van der Waals surface area (Å²) in [6.07, 6.45) is 1.77. The summed E-state index contributed by atoms with van der Waals surface area (Å²) >= 11 is 0. The van der Waals surface area contributed by atoms with E-state index in [1.54, 1.807) is 16.6 Å². The molecule has 0 aliphatic carbocycles. The molecule has 0 spiro atoms. The third-order valence-corrected chi connectivity index (χ3v) is 3.83. The van der Waals surface area contributed by atoms with E-state index in [2.05, 4.69) is 15.4 Å². The van der Waals surface area contributed by atoms with Crippen LogP contribution in [0.2, 0.25) is 0 Å². The summed E-state index contributed by atoms with van der Waals surface area (Å²) in [5.41, 5.74) is -0.338. The normalized spacial score (nSPS) is 24.0. The van der Waals surface area contributed by atoms with E-state index in [-0.39, 0.29) is 23.3 Å². The van der Waals surface area contributed by atoms with Gasteiger partial charge in [0.15, 0.2) is 0 Å². The van der Waals surface area contributed by atoms with Gasteiger partial charge in [0.2, 0.25) is 11.8 Å². The topological polar surface area (TPSA) is 80.1 Å². The maximum absolute atomic E-state index is 12.8. The highest BCUT2D eigenvalue weighted by Gasteiger charge is 2.40. The Morgan fingerprint density at radius 2 is 2.05 bits per heavy atom. The van der Waals surface area contributed by atoms with Crippen LogP contribution in [0, 0.1) is 5.41 Å². The minimum Gasteiger partial charge on any atom is -0.344 e. The number of aromatic nitrogens is 3. The van der Waals surface area contributed by atoms with Crippen molar-refractivity contribution in [2.24, 2.45) is 12.5 Å². The highest BCUT2D eigenvalue weighted by atomic mass is 16.2. The van der Waals surface area contributed by atoms with Crippen LogP contribution in [0.4, 0.5) is 0 Å². The number of nitrogens with zero attached hydrogens (tertiary/aromatic N) is 4. The lowest BCUT2D eigenvalue weighted by Gasteiger charge is -2.33. The molecule has 7 heteroatoms. The Kier molecular flexibility index (Phi) is 4.02. The molecule has 1 saturated heterocycles. The zero-order valence-corrected chi connectivity index (χ0v) is 13.3. The third kappa shape index (κ3) is 3.22. The number of amides is 2. The lowest BCUT2D eigenvalue weighted by Crippen LogP contribution is -2.52. The summed E-state index contributed by atoms with van der Waals surface area (Å²) in [7, 11) is 1.79. The molecule has 1 fully saturated rings. The molecule has 1 aromatic rings. The molecule has 1 N–H and O–H groups in total. The Hall–Kier alpha value is -1.92. The van der Waals surface area contributed by atoms with Crippen LogP contribution in [-0.2, 0) is 23.2 Å². The minimum atomic E-state index is -0.525. The molecule has 1 aromatic heterocycles. The van der Waals surface area contributed by atoms with Crippen LogP contribution in [0.5, 0.6) is 0 Å². The first-order chi connectivity index (χ1) is 9.70. The van der Waals surface area contributed by atoms with Gasteiger partial charge in [0.1, 0.15) is 18.2 Å². The molecule has 2 unspecified atom stereocenters. The smallest absolute Gasteiger partial charge is 0.246 e. The van der Waals surface area contributed by atoms with Gasteiger partial charge < -0.3 is 10.2 Å². The van der Waals surface area contributed by atoms with Crippen LogP contribution in [0.15, 0.2) is 6.33 Å². The fourth-order valence-electron chi connectivity index (χ4n) is 2.48. The van der Waals surface area contributed by atoms with Gasteiger partial charge in [-0.25, -0.2) is 4.98 Å². The summed E-state index contributed by atoms with van der Waals surface area (Å²) in [5, 5.41) is 6.87. The predicted molar refractivity (Wildman–Crippen MR) is 77.0 cm³/mol. The highest BCUT2D eigenvalue weighted by molar-refractivity contribution is 5.91. The first kappa shape index (κ1) is 15.5. The van der Waals surface area contributed by atoms with Gasteiger partial charge >= 0.3 is 0 Å². The van der Waals surface area contributed by atoms with Gasteiger partial charge in [0, 0.05) is 19.5 Å². The first-order valence-corrected chi connectivity index (χ1v) is 7.13. The van der Waals surface area contributed by atoms with E-state index >= 15 is 0 Å². The Labute approximate surface area is 124 Å². The fourth-order valence-corrected chi connectivity index (χ4v) is 2.48. The van der Waals surface area contributed by atoms with Crippen LogP contribution in [-0.4, -0.2) is 43.6 Å². The van der Waals surface area contributed by atoms with Crippen molar-refractivity contribution < 1.29 is 9.59 Å². The van der Waals surface area contributed by atoms with Crippen molar-refractivity contribution in [3.8, 4) is 0 Å². The van der Waals surface area contributed by atoms with Gasteiger partial charge in [0.25, 0.3) is 0 Å². The second-order valence-electron chi connectivity index (χ2n) is 6.69.